The van der Waals surface area contributed by atoms with Crippen LogP contribution in [0.2, 0.25) is 0 Å². The Morgan fingerprint density at radius 3 is 2.35 bits per heavy atom. The standard InChI is InChI=1S/C14H13F2N3OS3/c1-8(2)6-21-13-18-19-14(23-13)22-7-11(20)17-12-9(15)4-3-5-10(12)16/h3-5H,1,6-7H2,2H3,(H,17,20). The number of hydrogen-bond acceptors (Lipinski definition) is 6. The number of nitrogens with one attached hydrogen (secondary N) is 1. The lowest BCUT2D eigenvalue weighted by Crippen LogP contribution is -2.16. The quantitative estimate of drug-likeness (QED) is 0.582. The molecule has 1 heterocycles. The number of aromatic nitrogens is 2. The molecule has 0 aliphatic heterocycles. The molecule has 0 spiro atoms. The highest BCUT2D eigenvalue weighted by Gasteiger charge is 2.13. The summed E-state index contributed by atoms with van der Waals surface area (Å²) in [6.07, 6.45) is 0. The molecule has 2 rings (SSSR count). The molecule has 0 aliphatic carbocycles. The van der Waals surface area contributed by atoms with Gasteiger partial charge in [0.1, 0.15) is 17.3 Å². The third-order valence-electron chi connectivity index (χ3n) is 2.38. The minimum Gasteiger partial charge on any atom is -0.320 e. The maximum absolute atomic E-state index is 13.4. The van der Waals surface area contributed by atoms with E-state index in [2.05, 4.69) is 22.1 Å². The summed E-state index contributed by atoms with van der Waals surface area (Å²) in [6, 6.07) is 3.41. The zero-order valence-corrected chi connectivity index (χ0v) is 14.6. The number of halogens is 2. The zero-order chi connectivity index (χ0) is 16.8. The average Bonchev–Trinajstić information content (AvgIpc) is 2.95. The second-order valence-electron chi connectivity index (χ2n) is 4.51. The lowest BCUT2D eigenvalue weighted by molar-refractivity contribution is -0.113. The van der Waals surface area contributed by atoms with Crippen LogP contribution in [0.25, 0.3) is 0 Å². The van der Waals surface area contributed by atoms with E-state index in [1.165, 1.54) is 40.9 Å². The van der Waals surface area contributed by atoms with E-state index in [-0.39, 0.29) is 5.75 Å². The van der Waals surface area contributed by atoms with E-state index >= 15 is 0 Å². The highest BCUT2D eigenvalue weighted by molar-refractivity contribution is 8.03. The summed E-state index contributed by atoms with van der Waals surface area (Å²) in [5.74, 6) is -1.37. The first kappa shape index (κ1) is 17.9. The normalized spacial score (nSPS) is 10.6. The van der Waals surface area contributed by atoms with Crippen LogP contribution in [0.15, 0.2) is 39.0 Å². The molecule has 1 aromatic heterocycles. The van der Waals surface area contributed by atoms with Crippen LogP contribution in [0.4, 0.5) is 14.5 Å². The number of carbonyl (C=O) groups is 1. The van der Waals surface area contributed by atoms with Gasteiger partial charge in [-0.1, -0.05) is 53.1 Å². The Hall–Kier alpha value is -1.45. The molecule has 0 unspecified atom stereocenters. The van der Waals surface area contributed by atoms with Crippen molar-refractivity contribution in [1.29, 1.82) is 0 Å². The van der Waals surface area contributed by atoms with Crippen LogP contribution in [-0.2, 0) is 4.79 Å². The number of benzene rings is 1. The Kier molecular flexibility index (Phi) is 6.55. The van der Waals surface area contributed by atoms with E-state index in [4.69, 9.17) is 0 Å². The van der Waals surface area contributed by atoms with Crippen LogP contribution in [0.3, 0.4) is 0 Å². The van der Waals surface area contributed by atoms with Gasteiger partial charge >= 0.3 is 0 Å². The van der Waals surface area contributed by atoms with Gasteiger partial charge in [-0.2, -0.15) is 0 Å². The van der Waals surface area contributed by atoms with Crippen molar-refractivity contribution >= 4 is 46.5 Å². The molecule has 2 aromatic rings. The first-order valence-electron chi connectivity index (χ1n) is 6.43. The van der Waals surface area contributed by atoms with E-state index in [0.29, 0.717) is 4.34 Å². The van der Waals surface area contributed by atoms with Gasteiger partial charge in [0.25, 0.3) is 0 Å². The predicted octanol–water partition coefficient (Wildman–Crippen LogP) is 4.22. The van der Waals surface area contributed by atoms with E-state index in [1.807, 2.05) is 6.92 Å². The van der Waals surface area contributed by atoms with Gasteiger partial charge in [0.15, 0.2) is 8.68 Å². The van der Waals surface area contributed by atoms with Gasteiger partial charge in [-0.15, -0.1) is 10.2 Å². The number of hydrogen-bond donors (Lipinski definition) is 1. The Bertz CT molecular complexity index is 701. The highest BCUT2D eigenvalue weighted by atomic mass is 32.2. The van der Waals surface area contributed by atoms with Crippen LogP contribution < -0.4 is 5.32 Å². The fourth-order valence-corrected chi connectivity index (χ4v) is 4.08. The fourth-order valence-electron chi connectivity index (χ4n) is 1.42. The molecule has 1 aromatic carbocycles. The number of anilines is 1. The van der Waals surface area contributed by atoms with E-state index in [0.717, 1.165) is 27.8 Å². The second-order valence-corrected chi connectivity index (χ2v) is 7.94. The molecular weight excluding hydrogens is 360 g/mol. The van der Waals surface area contributed by atoms with Gasteiger partial charge in [0, 0.05) is 5.75 Å². The maximum Gasteiger partial charge on any atom is 0.234 e. The maximum atomic E-state index is 13.4. The van der Waals surface area contributed by atoms with Crippen molar-refractivity contribution in [1.82, 2.24) is 10.2 Å². The van der Waals surface area contributed by atoms with E-state index in [9.17, 15) is 13.6 Å². The highest BCUT2D eigenvalue weighted by Crippen LogP contribution is 2.29. The zero-order valence-electron chi connectivity index (χ0n) is 12.1. The molecule has 0 saturated heterocycles. The topological polar surface area (TPSA) is 54.9 Å². The van der Waals surface area contributed by atoms with Crippen molar-refractivity contribution in [3.05, 3.63) is 42.0 Å². The number of para-hydroxylation sites is 1. The van der Waals surface area contributed by atoms with Gasteiger partial charge in [-0.25, -0.2) is 8.78 Å². The van der Waals surface area contributed by atoms with Crippen molar-refractivity contribution in [2.24, 2.45) is 0 Å². The summed E-state index contributed by atoms with van der Waals surface area (Å²) < 4.78 is 28.3. The van der Waals surface area contributed by atoms with Crippen molar-refractivity contribution in [3.63, 3.8) is 0 Å². The number of rotatable bonds is 7. The van der Waals surface area contributed by atoms with Gasteiger partial charge in [-0.3, -0.25) is 4.79 Å². The molecule has 0 saturated carbocycles. The van der Waals surface area contributed by atoms with Crippen molar-refractivity contribution < 1.29 is 13.6 Å². The van der Waals surface area contributed by atoms with Crippen LogP contribution in [0.1, 0.15) is 6.92 Å². The van der Waals surface area contributed by atoms with Gasteiger partial charge in [-0.05, 0) is 19.1 Å². The predicted molar refractivity (Wildman–Crippen MR) is 91.2 cm³/mol. The molecule has 0 bridgehead atoms. The molecule has 0 atom stereocenters. The number of thioether (sulfide) groups is 2. The van der Waals surface area contributed by atoms with E-state index in [1.54, 1.807) is 0 Å². The summed E-state index contributed by atoms with van der Waals surface area (Å²) in [4.78, 5) is 11.8. The van der Waals surface area contributed by atoms with Crippen LogP contribution in [0, 0.1) is 11.6 Å². The first-order chi connectivity index (χ1) is 11.0. The SMILES string of the molecule is C=C(C)CSc1nnc(SCC(=O)Nc2c(F)cccc2F)s1. The van der Waals surface area contributed by atoms with E-state index < -0.39 is 23.2 Å². The Morgan fingerprint density at radius 2 is 1.78 bits per heavy atom. The van der Waals surface area contributed by atoms with Crippen LogP contribution in [-0.4, -0.2) is 27.6 Å². The van der Waals surface area contributed by atoms with Gasteiger partial charge in [0.2, 0.25) is 5.91 Å². The molecule has 0 aliphatic rings. The molecule has 122 valence electrons. The summed E-state index contributed by atoms with van der Waals surface area (Å²) in [5.41, 5.74) is 0.596. The molecule has 0 radical (unpaired) electrons. The number of carbonyl (C=O) groups excluding carboxylic acids is 1. The molecule has 4 nitrogen and oxygen atoms in total. The molecule has 9 heteroatoms. The summed E-state index contributed by atoms with van der Waals surface area (Å²) in [7, 11) is 0. The fraction of sp³-hybridized carbons (Fsp3) is 0.214. The molecule has 1 amide bonds. The Morgan fingerprint density at radius 1 is 1.22 bits per heavy atom. The van der Waals surface area contributed by atoms with Crippen molar-refractivity contribution in [2.45, 2.75) is 15.6 Å². The van der Waals surface area contributed by atoms with Crippen molar-refractivity contribution in [3.8, 4) is 0 Å². The largest absolute Gasteiger partial charge is 0.320 e. The minimum absolute atomic E-state index is 0.00639. The number of amides is 1. The minimum atomic E-state index is -0.808. The molecule has 23 heavy (non-hydrogen) atoms. The Labute approximate surface area is 144 Å². The van der Waals surface area contributed by atoms with Gasteiger partial charge < -0.3 is 5.32 Å². The van der Waals surface area contributed by atoms with Gasteiger partial charge in [0.05, 0.1) is 5.75 Å². The average molecular weight is 373 g/mol. The first-order valence-corrected chi connectivity index (χ1v) is 9.22. The lowest BCUT2D eigenvalue weighted by Gasteiger charge is -2.06. The third kappa shape index (κ3) is 5.60. The summed E-state index contributed by atoms with van der Waals surface area (Å²) in [5, 5.41) is 10.2. The van der Waals surface area contributed by atoms with Crippen LogP contribution >= 0.6 is 34.9 Å². The molecule has 1 N–H and O–H groups in total. The third-order valence-corrected chi connectivity index (χ3v) is 5.80. The number of nitrogens with zero attached hydrogens (tertiary/aromatic N) is 2. The monoisotopic (exact) mass is 373 g/mol. The molecular formula is C14H13F2N3OS3. The Balaban J connectivity index is 1.86. The smallest absolute Gasteiger partial charge is 0.234 e. The molecule has 0 fully saturated rings. The van der Waals surface area contributed by atoms with Crippen molar-refractivity contribution in [2.75, 3.05) is 16.8 Å². The second kappa shape index (κ2) is 8.42. The summed E-state index contributed by atoms with van der Waals surface area (Å²) >= 11 is 4.05. The summed E-state index contributed by atoms with van der Waals surface area (Å²) in [6.45, 7) is 5.73. The van der Waals surface area contributed by atoms with Crippen LogP contribution in [0.5, 0.6) is 0 Å². The lowest BCUT2D eigenvalue weighted by atomic mass is 10.3.